The zero-order valence-electron chi connectivity index (χ0n) is 6.81. The largest absolute Gasteiger partial charge is 0.380 e. The van der Waals surface area contributed by atoms with Crippen molar-refractivity contribution in [1.29, 1.82) is 0 Å². The normalized spacial score (nSPS) is 21.0. The third-order valence-corrected chi connectivity index (χ3v) is 2.36. The molecule has 0 atom stereocenters. The van der Waals surface area contributed by atoms with E-state index in [4.69, 9.17) is 4.74 Å². The number of methoxy groups -OCH3 is 1. The van der Waals surface area contributed by atoms with Gasteiger partial charge in [0.1, 0.15) is 0 Å². The number of hydrogen-bond acceptors (Lipinski definition) is 1. The van der Waals surface area contributed by atoms with E-state index in [0.29, 0.717) is 0 Å². The van der Waals surface area contributed by atoms with Gasteiger partial charge in [-0.05, 0) is 42.1 Å². The molecule has 0 aromatic rings. The van der Waals surface area contributed by atoms with Crippen LogP contribution in [0.15, 0.2) is 28.5 Å². The monoisotopic (exact) mass is 148 g/mol. The van der Waals surface area contributed by atoms with Crippen LogP contribution in [0.3, 0.4) is 0 Å². The lowest BCUT2D eigenvalue weighted by Gasteiger charge is -2.26. The van der Waals surface area contributed by atoms with E-state index in [1.807, 2.05) is 0 Å². The summed E-state index contributed by atoms with van der Waals surface area (Å²) in [6.45, 7) is 0.803. The van der Waals surface area contributed by atoms with Crippen molar-refractivity contribution in [3.8, 4) is 0 Å². The minimum atomic E-state index is 0.803. The number of ether oxygens (including phenoxy) is 1. The maximum Gasteiger partial charge on any atom is 0.0682 e. The van der Waals surface area contributed by atoms with E-state index < -0.39 is 0 Å². The van der Waals surface area contributed by atoms with Crippen molar-refractivity contribution in [3.63, 3.8) is 0 Å². The predicted molar refractivity (Wildman–Crippen MR) is 44.3 cm³/mol. The second kappa shape index (κ2) is 2.69. The minimum Gasteiger partial charge on any atom is -0.380 e. The third kappa shape index (κ3) is 1.07. The molecular weight excluding hydrogens is 136 g/mol. The second-order valence-corrected chi connectivity index (χ2v) is 3.05. The molecule has 0 spiro atoms. The maximum absolute atomic E-state index is 5.11. The first-order valence-corrected chi connectivity index (χ1v) is 4.06. The molecule has 0 unspecified atom stereocenters. The van der Waals surface area contributed by atoms with Gasteiger partial charge in [0.15, 0.2) is 0 Å². The molecule has 2 aliphatic carbocycles. The number of fused-ring (bicyclic) bond motifs is 1. The van der Waals surface area contributed by atoms with E-state index in [1.165, 1.54) is 29.6 Å². The Hall–Kier alpha value is -0.780. The highest BCUT2D eigenvalue weighted by molar-refractivity contribution is 5.46. The fourth-order valence-corrected chi connectivity index (χ4v) is 1.67. The number of allylic oxidation sites excluding steroid dienone is 2. The Morgan fingerprint density at radius 1 is 1.55 bits per heavy atom. The molecule has 0 N–H and O–H groups in total. The van der Waals surface area contributed by atoms with Gasteiger partial charge in [0.25, 0.3) is 0 Å². The lowest BCUT2D eigenvalue weighted by Crippen LogP contribution is -2.11. The van der Waals surface area contributed by atoms with E-state index in [9.17, 15) is 0 Å². The van der Waals surface area contributed by atoms with Crippen LogP contribution in [-0.2, 0) is 4.74 Å². The van der Waals surface area contributed by atoms with Crippen molar-refractivity contribution in [2.45, 2.75) is 19.3 Å². The molecule has 0 saturated heterocycles. The molecule has 1 fully saturated rings. The molecule has 11 heavy (non-hydrogen) atoms. The van der Waals surface area contributed by atoms with Gasteiger partial charge in [-0.1, -0.05) is 0 Å². The number of hydrogen-bond donors (Lipinski definition) is 0. The molecule has 58 valence electrons. The van der Waals surface area contributed by atoms with E-state index in [2.05, 4.69) is 11.8 Å². The molecular formula is C10H12O. The van der Waals surface area contributed by atoms with Gasteiger partial charge in [-0.3, -0.25) is 0 Å². The Bertz CT molecular complexity index is 265. The summed E-state index contributed by atoms with van der Waals surface area (Å²) in [7, 11) is 1.76. The van der Waals surface area contributed by atoms with Crippen molar-refractivity contribution < 1.29 is 4.74 Å². The van der Waals surface area contributed by atoms with Crippen LogP contribution in [0.2, 0.25) is 0 Å². The van der Waals surface area contributed by atoms with Gasteiger partial charge < -0.3 is 4.74 Å². The lowest BCUT2D eigenvalue weighted by atomic mass is 9.80. The average Bonchev–Trinajstić information content (AvgIpc) is 1.94. The predicted octanol–water partition coefficient (Wildman–Crippen LogP) is 2.21. The van der Waals surface area contributed by atoms with Crippen molar-refractivity contribution in [3.05, 3.63) is 28.5 Å². The van der Waals surface area contributed by atoms with Gasteiger partial charge in [-0.25, -0.2) is 0 Å². The molecule has 0 bridgehead atoms. The second-order valence-electron chi connectivity index (χ2n) is 3.05. The Kier molecular flexibility index (Phi) is 1.69. The van der Waals surface area contributed by atoms with Crippen molar-refractivity contribution in [2.24, 2.45) is 0 Å². The van der Waals surface area contributed by atoms with E-state index in [0.717, 1.165) is 13.0 Å². The van der Waals surface area contributed by atoms with Crippen molar-refractivity contribution >= 4 is 0 Å². The van der Waals surface area contributed by atoms with Gasteiger partial charge in [-0.2, -0.15) is 0 Å². The Morgan fingerprint density at radius 2 is 2.45 bits per heavy atom. The first-order valence-electron chi connectivity index (χ1n) is 4.06. The van der Waals surface area contributed by atoms with Crippen LogP contribution in [0.1, 0.15) is 19.3 Å². The van der Waals surface area contributed by atoms with Crippen molar-refractivity contribution in [1.82, 2.24) is 0 Å². The van der Waals surface area contributed by atoms with Gasteiger partial charge in [0.05, 0.1) is 6.61 Å². The summed E-state index contributed by atoms with van der Waals surface area (Å²) in [5.41, 5.74) is 7.69. The summed E-state index contributed by atoms with van der Waals surface area (Å²) < 4.78 is 5.11. The smallest absolute Gasteiger partial charge is 0.0682 e. The maximum atomic E-state index is 5.11. The highest BCUT2D eigenvalue weighted by Crippen LogP contribution is 2.37. The summed E-state index contributed by atoms with van der Waals surface area (Å²) in [6.07, 6.45) is 5.63. The summed E-state index contributed by atoms with van der Waals surface area (Å²) in [5, 5.41) is 0. The third-order valence-electron chi connectivity index (χ3n) is 2.36. The molecule has 0 amide bonds. The fourth-order valence-electron chi connectivity index (χ4n) is 1.67. The summed E-state index contributed by atoms with van der Waals surface area (Å²) in [6, 6.07) is 0. The quantitative estimate of drug-likeness (QED) is 0.545. The molecule has 1 heteroatoms. The van der Waals surface area contributed by atoms with Gasteiger partial charge in [-0.15, -0.1) is 5.73 Å². The van der Waals surface area contributed by atoms with Crippen LogP contribution >= 0.6 is 0 Å². The van der Waals surface area contributed by atoms with Crippen LogP contribution in [0.4, 0.5) is 0 Å². The zero-order valence-corrected chi connectivity index (χ0v) is 6.81. The van der Waals surface area contributed by atoms with Crippen LogP contribution < -0.4 is 0 Å². The molecule has 1 saturated carbocycles. The summed E-state index contributed by atoms with van der Waals surface area (Å²) >= 11 is 0. The number of rotatable bonds is 2. The summed E-state index contributed by atoms with van der Waals surface area (Å²) in [4.78, 5) is 0. The van der Waals surface area contributed by atoms with E-state index in [-0.39, 0.29) is 0 Å². The average molecular weight is 148 g/mol. The molecule has 0 radical (unpaired) electrons. The lowest BCUT2D eigenvalue weighted by molar-refractivity contribution is 0.222. The highest BCUT2D eigenvalue weighted by atomic mass is 16.5. The molecule has 0 aliphatic heterocycles. The van der Waals surface area contributed by atoms with E-state index in [1.54, 1.807) is 7.11 Å². The Morgan fingerprint density at radius 3 is 3.09 bits per heavy atom. The van der Waals surface area contributed by atoms with Gasteiger partial charge in [0.2, 0.25) is 0 Å². The molecule has 0 aromatic carbocycles. The van der Waals surface area contributed by atoms with Crippen molar-refractivity contribution in [2.75, 3.05) is 13.7 Å². The standard InChI is InChI=1S/C10H12O/c1-11-7-9-4-2-3-8-5-6-10(8)9/h2H,4-7H2,1H3. The van der Waals surface area contributed by atoms with Gasteiger partial charge in [0, 0.05) is 7.11 Å². The summed E-state index contributed by atoms with van der Waals surface area (Å²) in [5.74, 6) is 0. The van der Waals surface area contributed by atoms with Crippen LogP contribution in [0.25, 0.3) is 0 Å². The van der Waals surface area contributed by atoms with Crippen LogP contribution in [0.5, 0.6) is 0 Å². The molecule has 0 heterocycles. The first-order chi connectivity index (χ1) is 5.42. The fraction of sp³-hybridized carbons (Fsp3) is 0.500. The topological polar surface area (TPSA) is 9.23 Å². The molecule has 2 aliphatic rings. The van der Waals surface area contributed by atoms with E-state index >= 15 is 0 Å². The first kappa shape index (κ1) is 6.90. The zero-order chi connectivity index (χ0) is 7.68. The molecule has 2 rings (SSSR count). The highest BCUT2D eigenvalue weighted by Gasteiger charge is 2.21. The Balaban J connectivity index is 2.23. The molecule has 1 nitrogen and oxygen atoms in total. The van der Waals surface area contributed by atoms with Gasteiger partial charge >= 0.3 is 0 Å². The Labute approximate surface area is 67.1 Å². The SMILES string of the molecule is COCC1=C2CCC2=C=CC1. The van der Waals surface area contributed by atoms with Crippen LogP contribution in [-0.4, -0.2) is 13.7 Å². The minimum absolute atomic E-state index is 0.803. The molecule has 0 aromatic heterocycles. The van der Waals surface area contributed by atoms with Crippen LogP contribution in [0, 0.1) is 0 Å².